The van der Waals surface area contributed by atoms with E-state index in [-0.39, 0.29) is 17.1 Å². The molecule has 1 aromatic rings. The van der Waals surface area contributed by atoms with Crippen LogP contribution in [-0.4, -0.2) is 25.6 Å². The van der Waals surface area contributed by atoms with E-state index >= 15 is 0 Å². The standard InChI is InChI=1S/C13H17FO3/c1-3-7-16-8-9-17-12-6-4-5-11(14)13(12)10(2)15/h4-6H,3,7-9H2,1-2H3. The SMILES string of the molecule is CCCOCCOc1cccc(F)c1C(C)=O. The molecule has 4 heteroatoms. The van der Waals surface area contributed by atoms with Gasteiger partial charge in [0.2, 0.25) is 0 Å². The number of hydrogen-bond acceptors (Lipinski definition) is 3. The molecule has 0 heterocycles. The Balaban J connectivity index is 2.58. The van der Waals surface area contributed by atoms with Crippen LogP contribution in [0.25, 0.3) is 0 Å². The predicted octanol–water partition coefficient (Wildman–Crippen LogP) is 2.83. The largest absolute Gasteiger partial charge is 0.490 e. The van der Waals surface area contributed by atoms with Crippen molar-refractivity contribution < 1.29 is 18.7 Å². The molecule has 0 aliphatic carbocycles. The van der Waals surface area contributed by atoms with Crippen LogP contribution >= 0.6 is 0 Å². The van der Waals surface area contributed by atoms with Gasteiger partial charge in [-0.2, -0.15) is 0 Å². The lowest BCUT2D eigenvalue weighted by Crippen LogP contribution is -2.10. The minimum atomic E-state index is -0.551. The van der Waals surface area contributed by atoms with Crippen LogP contribution in [0.4, 0.5) is 4.39 Å². The van der Waals surface area contributed by atoms with Crippen LogP contribution < -0.4 is 4.74 Å². The van der Waals surface area contributed by atoms with Crippen LogP contribution in [0.1, 0.15) is 30.6 Å². The second kappa shape index (κ2) is 7.01. The van der Waals surface area contributed by atoms with Crippen molar-refractivity contribution in [2.24, 2.45) is 0 Å². The van der Waals surface area contributed by atoms with Crippen molar-refractivity contribution in [3.8, 4) is 5.75 Å². The third-order valence-electron chi connectivity index (χ3n) is 2.16. The summed E-state index contributed by atoms with van der Waals surface area (Å²) in [6.07, 6.45) is 0.943. The Bertz CT molecular complexity index is 377. The molecule has 0 atom stereocenters. The molecule has 17 heavy (non-hydrogen) atoms. The Morgan fingerprint density at radius 3 is 2.71 bits per heavy atom. The van der Waals surface area contributed by atoms with Crippen LogP contribution in [-0.2, 0) is 4.74 Å². The van der Waals surface area contributed by atoms with Gasteiger partial charge in [-0.05, 0) is 25.5 Å². The third kappa shape index (κ3) is 4.15. The Kier molecular flexibility index (Phi) is 5.63. The van der Waals surface area contributed by atoms with Gasteiger partial charge in [-0.25, -0.2) is 4.39 Å². The first-order valence-corrected chi connectivity index (χ1v) is 5.66. The summed E-state index contributed by atoms with van der Waals surface area (Å²) in [6, 6.07) is 4.35. The normalized spacial score (nSPS) is 10.3. The van der Waals surface area contributed by atoms with Crippen LogP contribution in [0.2, 0.25) is 0 Å². The third-order valence-corrected chi connectivity index (χ3v) is 2.16. The average molecular weight is 240 g/mol. The van der Waals surface area contributed by atoms with Gasteiger partial charge in [-0.3, -0.25) is 4.79 Å². The summed E-state index contributed by atoms with van der Waals surface area (Å²) < 4.78 is 24.0. The highest BCUT2D eigenvalue weighted by molar-refractivity contribution is 5.97. The fourth-order valence-corrected chi connectivity index (χ4v) is 1.42. The van der Waals surface area contributed by atoms with E-state index in [1.165, 1.54) is 19.1 Å². The zero-order chi connectivity index (χ0) is 12.7. The lowest BCUT2D eigenvalue weighted by Gasteiger charge is -2.10. The molecule has 0 radical (unpaired) electrons. The zero-order valence-corrected chi connectivity index (χ0v) is 10.2. The first kappa shape index (κ1) is 13.6. The van der Waals surface area contributed by atoms with E-state index in [1.807, 2.05) is 6.92 Å². The van der Waals surface area contributed by atoms with Crippen molar-refractivity contribution in [2.45, 2.75) is 20.3 Å². The van der Waals surface area contributed by atoms with Gasteiger partial charge in [0, 0.05) is 6.61 Å². The molecule has 0 saturated heterocycles. The Hall–Kier alpha value is -1.42. The molecule has 0 amide bonds. The number of halogens is 1. The Morgan fingerprint density at radius 2 is 2.06 bits per heavy atom. The number of hydrogen-bond donors (Lipinski definition) is 0. The summed E-state index contributed by atoms with van der Waals surface area (Å²) in [5.41, 5.74) is 0.00277. The van der Waals surface area contributed by atoms with E-state index in [1.54, 1.807) is 6.07 Å². The molecule has 0 aliphatic heterocycles. The summed E-state index contributed by atoms with van der Waals surface area (Å²) >= 11 is 0. The predicted molar refractivity (Wildman–Crippen MR) is 63.0 cm³/mol. The van der Waals surface area contributed by atoms with E-state index in [9.17, 15) is 9.18 Å². The topological polar surface area (TPSA) is 35.5 Å². The minimum Gasteiger partial charge on any atom is -0.490 e. The molecule has 0 unspecified atom stereocenters. The molecule has 0 aliphatic rings. The van der Waals surface area contributed by atoms with Crippen molar-refractivity contribution in [1.82, 2.24) is 0 Å². The maximum absolute atomic E-state index is 13.4. The van der Waals surface area contributed by atoms with Crippen molar-refractivity contribution in [1.29, 1.82) is 0 Å². The first-order valence-electron chi connectivity index (χ1n) is 5.66. The van der Waals surface area contributed by atoms with Crippen molar-refractivity contribution in [3.05, 3.63) is 29.6 Å². The van der Waals surface area contributed by atoms with Gasteiger partial charge in [0.1, 0.15) is 18.2 Å². The summed E-state index contributed by atoms with van der Waals surface area (Å²) in [6.45, 7) is 4.75. The molecule has 0 spiro atoms. The number of Topliss-reactive ketones (excluding diaryl/α,β-unsaturated/α-hetero) is 1. The highest BCUT2D eigenvalue weighted by Crippen LogP contribution is 2.21. The average Bonchev–Trinajstić information content (AvgIpc) is 2.28. The minimum absolute atomic E-state index is 0.00277. The highest BCUT2D eigenvalue weighted by atomic mass is 19.1. The van der Waals surface area contributed by atoms with Crippen molar-refractivity contribution >= 4 is 5.78 Å². The second-order valence-electron chi connectivity index (χ2n) is 3.63. The van der Waals surface area contributed by atoms with E-state index in [2.05, 4.69) is 0 Å². The van der Waals surface area contributed by atoms with E-state index < -0.39 is 5.82 Å². The number of carbonyl (C=O) groups excluding carboxylic acids is 1. The molecule has 0 N–H and O–H groups in total. The summed E-state index contributed by atoms with van der Waals surface area (Å²) in [5.74, 6) is -0.616. The second-order valence-corrected chi connectivity index (χ2v) is 3.63. The molecular formula is C13H17FO3. The fourth-order valence-electron chi connectivity index (χ4n) is 1.42. The molecule has 0 aromatic heterocycles. The van der Waals surface area contributed by atoms with Crippen LogP contribution in [0.3, 0.4) is 0 Å². The number of ether oxygens (including phenoxy) is 2. The van der Waals surface area contributed by atoms with Gasteiger partial charge in [0.25, 0.3) is 0 Å². The van der Waals surface area contributed by atoms with Crippen LogP contribution in [0.15, 0.2) is 18.2 Å². The smallest absolute Gasteiger partial charge is 0.166 e. The lowest BCUT2D eigenvalue weighted by molar-refractivity contribution is 0.0958. The molecule has 0 saturated carbocycles. The Labute approximate surface area is 101 Å². The lowest BCUT2D eigenvalue weighted by atomic mass is 10.1. The molecular weight excluding hydrogens is 223 g/mol. The van der Waals surface area contributed by atoms with Gasteiger partial charge >= 0.3 is 0 Å². The monoisotopic (exact) mass is 240 g/mol. The van der Waals surface area contributed by atoms with E-state index in [4.69, 9.17) is 9.47 Å². The van der Waals surface area contributed by atoms with Gasteiger partial charge in [-0.15, -0.1) is 0 Å². The molecule has 1 aromatic carbocycles. The zero-order valence-electron chi connectivity index (χ0n) is 10.2. The maximum atomic E-state index is 13.4. The molecule has 94 valence electrons. The van der Waals surface area contributed by atoms with Gasteiger partial charge in [-0.1, -0.05) is 13.0 Å². The van der Waals surface area contributed by atoms with E-state index in [0.717, 1.165) is 6.42 Å². The Morgan fingerprint density at radius 1 is 1.29 bits per heavy atom. The number of rotatable bonds is 7. The molecule has 3 nitrogen and oxygen atoms in total. The highest BCUT2D eigenvalue weighted by Gasteiger charge is 2.13. The quantitative estimate of drug-likeness (QED) is 0.543. The van der Waals surface area contributed by atoms with Crippen molar-refractivity contribution in [3.63, 3.8) is 0 Å². The van der Waals surface area contributed by atoms with Crippen LogP contribution in [0, 0.1) is 5.82 Å². The number of ketones is 1. The molecule has 0 fully saturated rings. The maximum Gasteiger partial charge on any atom is 0.166 e. The van der Waals surface area contributed by atoms with Crippen LogP contribution in [0.5, 0.6) is 5.75 Å². The number of benzene rings is 1. The molecule has 1 rings (SSSR count). The summed E-state index contributed by atoms with van der Waals surface area (Å²) in [7, 11) is 0. The van der Waals surface area contributed by atoms with Gasteiger partial charge in [0.15, 0.2) is 5.78 Å². The summed E-state index contributed by atoms with van der Waals surface area (Å²) in [4.78, 5) is 11.3. The van der Waals surface area contributed by atoms with Gasteiger partial charge < -0.3 is 9.47 Å². The van der Waals surface area contributed by atoms with E-state index in [0.29, 0.717) is 19.8 Å². The number of carbonyl (C=O) groups is 1. The summed E-state index contributed by atoms with van der Waals surface area (Å²) in [5, 5.41) is 0. The fraction of sp³-hybridized carbons (Fsp3) is 0.462. The first-order chi connectivity index (χ1) is 8.16. The van der Waals surface area contributed by atoms with Gasteiger partial charge in [0.05, 0.1) is 12.2 Å². The van der Waals surface area contributed by atoms with Crippen molar-refractivity contribution in [2.75, 3.05) is 19.8 Å². The molecule has 0 bridgehead atoms.